The van der Waals surface area contributed by atoms with Crippen LogP contribution in [0.25, 0.3) is 11.4 Å². The van der Waals surface area contributed by atoms with Crippen molar-refractivity contribution in [2.24, 2.45) is 0 Å². The Morgan fingerprint density at radius 3 is 2.92 bits per heavy atom. The van der Waals surface area contributed by atoms with Gasteiger partial charge in [0.1, 0.15) is 5.82 Å². The number of anilines is 2. The summed E-state index contributed by atoms with van der Waals surface area (Å²) in [4.78, 5) is 2.23. The zero-order chi connectivity index (χ0) is 17.2. The Balaban J connectivity index is 1.68. The van der Waals surface area contributed by atoms with E-state index in [1.54, 1.807) is 6.20 Å². The summed E-state index contributed by atoms with van der Waals surface area (Å²) in [7, 11) is 0. The highest BCUT2D eigenvalue weighted by atomic mass is 16.5. The van der Waals surface area contributed by atoms with Crippen LogP contribution in [0.15, 0.2) is 6.20 Å². The summed E-state index contributed by atoms with van der Waals surface area (Å²) in [5, 5.41) is 15.7. The van der Waals surface area contributed by atoms with Crippen molar-refractivity contribution in [1.82, 2.24) is 25.0 Å². The highest BCUT2D eigenvalue weighted by Crippen LogP contribution is 2.28. The predicted octanol–water partition coefficient (Wildman–Crippen LogP) is 1.04. The van der Waals surface area contributed by atoms with E-state index in [9.17, 15) is 0 Å². The zero-order valence-corrected chi connectivity index (χ0v) is 14.5. The third-order valence-corrected chi connectivity index (χ3v) is 4.83. The number of nitrogens with zero attached hydrogens (tertiary/aromatic N) is 5. The normalized spacial score (nSPS) is 24.6. The Morgan fingerprint density at radius 2 is 2.20 bits per heavy atom. The molecule has 2 saturated heterocycles. The van der Waals surface area contributed by atoms with Gasteiger partial charge >= 0.3 is 0 Å². The average molecular weight is 347 g/mol. The number of morpholine rings is 1. The number of ether oxygens (including phenoxy) is 2. The van der Waals surface area contributed by atoms with Crippen LogP contribution in [-0.2, 0) is 16.0 Å². The standard InChI is InChI=1S/C16H25N7O2/c1-11-9-22(5-7-24-11)16-21-20-15(13-8-18-19-14(13)17)23(16)10-12-4-2-3-6-25-12/h8,11-12H,2-7,9-10H2,1H3,(H3,17,18,19). The lowest BCUT2D eigenvalue weighted by molar-refractivity contribution is 0.00607. The minimum Gasteiger partial charge on any atom is -0.383 e. The Morgan fingerprint density at radius 1 is 1.28 bits per heavy atom. The molecule has 2 fully saturated rings. The van der Waals surface area contributed by atoms with Crippen molar-refractivity contribution in [3.05, 3.63) is 6.20 Å². The van der Waals surface area contributed by atoms with Crippen molar-refractivity contribution in [2.75, 3.05) is 36.9 Å². The molecule has 0 saturated carbocycles. The number of aromatic nitrogens is 5. The van der Waals surface area contributed by atoms with Gasteiger partial charge in [0.15, 0.2) is 5.82 Å². The molecule has 4 rings (SSSR count). The van der Waals surface area contributed by atoms with Crippen LogP contribution < -0.4 is 10.6 Å². The van der Waals surface area contributed by atoms with Crippen molar-refractivity contribution in [3.63, 3.8) is 0 Å². The molecule has 0 radical (unpaired) electrons. The van der Waals surface area contributed by atoms with Gasteiger partial charge in [-0.2, -0.15) is 5.10 Å². The van der Waals surface area contributed by atoms with Gasteiger partial charge in [-0.15, -0.1) is 10.2 Å². The molecule has 0 bridgehead atoms. The summed E-state index contributed by atoms with van der Waals surface area (Å²) in [6.45, 7) is 5.90. The molecule has 25 heavy (non-hydrogen) atoms. The highest BCUT2D eigenvalue weighted by Gasteiger charge is 2.27. The van der Waals surface area contributed by atoms with E-state index in [0.29, 0.717) is 19.0 Å². The van der Waals surface area contributed by atoms with Crippen molar-refractivity contribution in [1.29, 1.82) is 0 Å². The summed E-state index contributed by atoms with van der Waals surface area (Å²) >= 11 is 0. The molecule has 0 aliphatic carbocycles. The van der Waals surface area contributed by atoms with E-state index >= 15 is 0 Å². The number of nitrogens with one attached hydrogen (secondary N) is 1. The summed E-state index contributed by atoms with van der Waals surface area (Å²) in [6, 6.07) is 0. The lowest BCUT2D eigenvalue weighted by atomic mass is 10.1. The highest BCUT2D eigenvalue weighted by molar-refractivity contribution is 5.68. The Kier molecular flexibility index (Phi) is 4.58. The van der Waals surface area contributed by atoms with E-state index in [1.807, 2.05) is 0 Å². The second kappa shape index (κ2) is 7.01. The number of rotatable bonds is 4. The van der Waals surface area contributed by atoms with Crippen LogP contribution >= 0.6 is 0 Å². The maximum atomic E-state index is 6.02. The van der Waals surface area contributed by atoms with Gasteiger partial charge in [0, 0.05) is 19.7 Å². The SMILES string of the molecule is CC1CN(c2nnc(-c3cn[nH]c3N)n2CC2CCCCO2)CCO1. The second-order valence-electron chi connectivity index (χ2n) is 6.75. The average Bonchev–Trinajstić information content (AvgIpc) is 3.22. The molecule has 2 unspecified atom stereocenters. The Labute approximate surface area is 146 Å². The number of hydrogen-bond donors (Lipinski definition) is 2. The van der Waals surface area contributed by atoms with Gasteiger partial charge in [0.25, 0.3) is 0 Å². The van der Waals surface area contributed by atoms with Gasteiger partial charge in [0.2, 0.25) is 5.95 Å². The van der Waals surface area contributed by atoms with E-state index < -0.39 is 0 Å². The number of hydrogen-bond acceptors (Lipinski definition) is 7. The minimum atomic E-state index is 0.173. The lowest BCUT2D eigenvalue weighted by Gasteiger charge is -2.32. The van der Waals surface area contributed by atoms with E-state index in [4.69, 9.17) is 15.2 Å². The zero-order valence-electron chi connectivity index (χ0n) is 14.5. The quantitative estimate of drug-likeness (QED) is 0.851. The first kappa shape index (κ1) is 16.3. The fourth-order valence-corrected chi connectivity index (χ4v) is 3.53. The summed E-state index contributed by atoms with van der Waals surface area (Å²) in [6.07, 6.45) is 5.43. The second-order valence-corrected chi connectivity index (χ2v) is 6.75. The Bertz CT molecular complexity index is 707. The van der Waals surface area contributed by atoms with Crippen molar-refractivity contribution in [3.8, 4) is 11.4 Å². The Hall–Kier alpha value is -2.13. The molecule has 2 aromatic rings. The third kappa shape index (κ3) is 3.34. The molecule has 9 nitrogen and oxygen atoms in total. The van der Waals surface area contributed by atoms with Crippen molar-refractivity contribution < 1.29 is 9.47 Å². The first-order chi connectivity index (χ1) is 12.2. The van der Waals surface area contributed by atoms with Crippen LogP contribution in [0, 0.1) is 0 Å². The van der Waals surface area contributed by atoms with Gasteiger partial charge in [-0.05, 0) is 26.2 Å². The molecule has 2 atom stereocenters. The molecule has 0 aromatic carbocycles. The number of H-pyrrole nitrogens is 1. The molecule has 0 spiro atoms. The van der Waals surface area contributed by atoms with E-state index in [0.717, 1.165) is 49.9 Å². The smallest absolute Gasteiger partial charge is 0.227 e. The lowest BCUT2D eigenvalue weighted by Crippen LogP contribution is -2.43. The molecule has 2 aromatic heterocycles. The molecular formula is C16H25N7O2. The van der Waals surface area contributed by atoms with Gasteiger partial charge in [0.05, 0.1) is 37.1 Å². The van der Waals surface area contributed by atoms with Crippen LogP contribution in [-0.4, -0.2) is 63.5 Å². The minimum absolute atomic E-state index is 0.173. The van der Waals surface area contributed by atoms with Crippen molar-refractivity contribution in [2.45, 2.75) is 44.9 Å². The van der Waals surface area contributed by atoms with Crippen LogP contribution in [0.1, 0.15) is 26.2 Å². The molecule has 2 aliphatic rings. The molecule has 9 heteroatoms. The molecule has 0 amide bonds. The monoisotopic (exact) mass is 347 g/mol. The van der Waals surface area contributed by atoms with Gasteiger partial charge in [-0.3, -0.25) is 9.67 Å². The predicted molar refractivity (Wildman–Crippen MR) is 93.2 cm³/mol. The van der Waals surface area contributed by atoms with E-state index in [1.165, 1.54) is 6.42 Å². The third-order valence-electron chi connectivity index (χ3n) is 4.83. The van der Waals surface area contributed by atoms with Gasteiger partial charge < -0.3 is 20.1 Å². The van der Waals surface area contributed by atoms with Gasteiger partial charge in [-0.25, -0.2) is 0 Å². The molecule has 4 heterocycles. The van der Waals surface area contributed by atoms with Crippen molar-refractivity contribution >= 4 is 11.8 Å². The molecule has 3 N–H and O–H groups in total. The van der Waals surface area contributed by atoms with E-state index in [2.05, 4.69) is 36.8 Å². The fraction of sp³-hybridized carbons (Fsp3) is 0.688. The molecular weight excluding hydrogens is 322 g/mol. The maximum absolute atomic E-state index is 6.02. The maximum Gasteiger partial charge on any atom is 0.227 e. The van der Waals surface area contributed by atoms with Crippen LogP contribution in [0.3, 0.4) is 0 Å². The number of aromatic amines is 1. The molecule has 2 aliphatic heterocycles. The van der Waals surface area contributed by atoms with Crippen LogP contribution in [0.4, 0.5) is 11.8 Å². The fourth-order valence-electron chi connectivity index (χ4n) is 3.53. The summed E-state index contributed by atoms with van der Waals surface area (Å²) in [5.41, 5.74) is 6.79. The van der Waals surface area contributed by atoms with E-state index in [-0.39, 0.29) is 12.2 Å². The molecule has 136 valence electrons. The van der Waals surface area contributed by atoms with Crippen LogP contribution in [0.2, 0.25) is 0 Å². The van der Waals surface area contributed by atoms with Gasteiger partial charge in [-0.1, -0.05) is 0 Å². The topological polar surface area (TPSA) is 107 Å². The first-order valence-corrected chi connectivity index (χ1v) is 8.93. The first-order valence-electron chi connectivity index (χ1n) is 8.93. The number of nitrogen functional groups attached to an aromatic ring is 1. The summed E-state index contributed by atoms with van der Waals surface area (Å²) < 4.78 is 13.7. The largest absolute Gasteiger partial charge is 0.383 e. The van der Waals surface area contributed by atoms with Crippen LogP contribution in [0.5, 0.6) is 0 Å². The summed E-state index contributed by atoms with van der Waals surface area (Å²) in [5.74, 6) is 2.08. The number of nitrogens with two attached hydrogens (primary N) is 1.